The molecule has 2 bridgehead atoms. The molecule has 4 heteroatoms. The second-order valence-corrected chi connectivity index (χ2v) is 10.8. The maximum Gasteiger partial charge on any atom is 0.156 e. The van der Waals surface area contributed by atoms with E-state index >= 15 is 0 Å². The highest BCUT2D eigenvalue weighted by Crippen LogP contribution is 2.59. The summed E-state index contributed by atoms with van der Waals surface area (Å²) in [5.41, 5.74) is -0.836. The van der Waals surface area contributed by atoms with E-state index in [4.69, 9.17) is 0 Å². The summed E-state index contributed by atoms with van der Waals surface area (Å²) in [4.78, 5) is 12.5. The summed E-state index contributed by atoms with van der Waals surface area (Å²) in [6.45, 7) is 9.34. The lowest BCUT2D eigenvalue weighted by Crippen LogP contribution is -2.58. The minimum Gasteiger partial charge on any atom is -0.299 e. The third kappa shape index (κ3) is 2.16. The Kier molecular flexibility index (Phi) is 3.21. The smallest absolute Gasteiger partial charge is 0.156 e. The van der Waals surface area contributed by atoms with E-state index in [9.17, 15) is 13.2 Å². The minimum atomic E-state index is -3.27. The molecule has 0 radical (unpaired) electrons. The fourth-order valence-electron chi connectivity index (χ4n) is 3.85. The Bertz CT molecular complexity index is 496. The molecule has 3 aliphatic rings. The van der Waals surface area contributed by atoms with Gasteiger partial charge in [0, 0.05) is 11.8 Å². The summed E-state index contributed by atoms with van der Waals surface area (Å²) in [5.74, 6) is 0.691. The summed E-state index contributed by atoms with van der Waals surface area (Å²) in [5, 5.41) is 0. The molecule has 2 atom stereocenters. The van der Waals surface area contributed by atoms with Crippen molar-refractivity contribution in [2.24, 2.45) is 16.7 Å². The quantitative estimate of drug-likeness (QED) is 0.784. The number of sulfone groups is 1. The average molecular weight is 286 g/mol. The van der Waals surface area contributed by atoms with E-state index in [1.165, 1.54) is 0 Å². The molecule has 0 amide bonds. The normalized spacial score (nSPS) is 34.6. The van der Waals surface area contributed by atoms with Gasteiger partial charge in [0.05, 0.1) is 10.5 Å². The van der Waals surface area contributed by atoms with Crippen molar-refractivity contribution in [1.29, 1.82) is 0 Å². The van der Waals surface area contributed by atoms with Gasteiger partial charge in [-0.1, -0.05) is 13.8 Å². The highest BCUT2D eigenvalue weighted by molar-refractivity contribution is 7.92. The van der Waals surface area contributed by atoms with Crippen LogP contribution in [0, 0.1) is 16.7 Å². The molecule has 0 spiro atoms. The topological polar surface area (TPSA) is 51.2 Å². The molecular weight excluding hydrogens is 260 g/mol. The Balaban J connectivity index is 2.43. The van der Waals surface area contributed by atoms with Crippen molar-refractivity contribution in [3.8, 4) is 0 Å². The van der Waals surface area contributed by atoms with Crippen LogP contribution in [0.5, 0.6) is 0 Å². The third-order valence-corrected chi connectivity index (χ3v) is 8.19. The van der Waals surface area contributed by atoms with Crippen LogP contribution < -0.4 is 0 Å². The van der Waals surface area contributed by atoms with E-state index in [2.05, 4.69) is 13.8 Å². The van der Waals surface area contributed by atoms with Crippen molar-refractivity contribution in [3.63, 3.8) is 0 Å². The van der Waals surface area contributed by atoms with Crippen LogP contribution in [0.1, 0.15) is 60.3 Å². The van der Waals surface area contributed by atoms with Crippen molar-refractivity contribution in [2.45, 2.75) is 65.0 Å². The lowest BCUT2D eigenvalue weighted by molar-refractivity contribution is -0.149. The lowest BCUT2D eigenvalue weighted by atomic mass is 9.49. The molecule has 0 aromatic rings. The highest BCUT2D eigenvalue weighted by atomic mass is 32.2. The maximum absolute atomic E-state index is 12.6. The van der Waals surface area contributed by atoms with Gasteiger partial charge in [0.15, 0.2) is 9.84 Å². The fraction of sp³-hybridized carbons (Fsp3) is 0.933. The summed E-state index contributed by atoms with van der Waals surface area (Å²) < 4.78 is 24.4. The standard InChI is InChI=1S/C15H26O3S/c1-13(2,3)19(17,18)10-15-7-6-11(8-12(15)16)9-14(15,4)5/h11H,6-10H2,1-5H3. The van der Waals surface area contributed by atoms with Gasteiger partial charge in [-0.3, -0.25) is 4.79 Å². The highest BCUT2D eigenvalue weighted by Gasteiger charge is 2.60. The van der Waals surface area contributed by atoms with Crippen molar-refractivity contribution in [2.75, 3.05) is 5.75 Å². The summed E-state index contributed by atoms with van der Waals surface area (Å²) in [7, 11) is -3.27. The van der Waals surface area contributed by atoms with Gasteiger partial charge in [-0.2, -0.15) is 0 Å². The predicted molar refractivity (Wildman–Crippen MR) is 76.7 cm³/mol. The number of fused-ring (bicyclic) bond motifs is 3. The minimum absolute atomic E-state index is 0.0298. The van der Waals surface area contributed by atoms with E-state index in [1.54, 1.807) is 20.8 Å². The Morgan fingerprint density at radius 2 is 1.84 bits per heavy atom. The van der Waals surface area contributed by atoms with Crippen molar-refractivity contribution < 1.29 is 13.2 Å². The molecular formula is C15H26O3S. The van der Waals surface area contributed by atoms with Crippen LogP contribution >= 0.6 is 0 Å². The van der Waals surface area contributed by atoms with Crippen LogP contribution in [0.4, 0.5) is 0 Å². The Hall–Kier alpha value is -0.380. The Labute approximate surface area is 117 Å². The number of Topliss-reactive ketones (excluding diaryl/α,β-unsaturated/α-hetero) is 1. The molecule has 3 fully saturated rings. The first kappa shape index (κ1) is 15.0. The van der Waals surface area contributed by atoms with Gasteiger partial charge in [0.2, 0.25) is 0 Å². The van der Waals surface area contributed by atoms with Gasteiger partial charge in [-0.15, -0.1) is 0 Å². The molecule has 110 valence electrons. The summed E-state index contributed by atoms with van der Waals surface area (Å²) in [6, 6.07) is 0. The molecule has 0 aromatic heterocycles. The van der Waals surface area contributed by atoms with E-state index < -0.39 is 20.0 Å². The molecule has 0 heterocycles. The molecule has 3 rings (SSSR count). The van der Waals surface area contributed by atoms with Gasteiger partial charge in [-0.05, 0) is 51.4 Å². The van der Waals surface area contributed by atoms with Crippen LogP contribution in [0.15, 0.2) is 0 Å². The summed E-state index contributed by atoms with van der Waals surface area (Å²) in [6.07, 6.45) is 3.33. The molecule has 2 unspecified atom stereocenters. The van der Waals surface area contributed by atoms with Crippen LogP contribution in [0.3, 0.4) is 0 Å². The number of ketones is 1. The second kappa shape index (κ2) is 4.06. The van der Waals surface area contributed by atoms with Crippen molar-refractivity contribution in [1.82, 2.24) is 0 Å². The number of hydrogen-bond acceptors (Lipinski definition) is 3. The zero-order chi connectivity index (χ0) is 14.7. The van der Waals surface area contributed by atoms with E-state index in [1.807, 2.05) is 0 Å². The Morgan fingerprint density at radius 1 is 1.26 bits per heavy atom. The zero-order valence-corrected chi connectivity index (χ0v) is 13.6. The van der Waals surface area contributed by atoms with Gasteiger partial charge >= 0.3 is 0 Å². The number of carbonyl (C=O) groups excluding carboxylic acids is 1. The largest absolute Gasteiger partial charge is 0.299 e. The van der Waals surface area contributed by atoms with E-state index in [-0.39, 0.29) is 17.0 Å². The number of hydrogen-bond donors (Lipinski definition) is 0. The van der Waals surface area contributed by atoms with Crippen LogP contribution in [-0.2, 0) is 14.6 Å². The molecule has 3 nitrogen and oxygen atoms in total. The predicted octanol–water partition coefficient (Wildman–Crippen LogP) is 2.99. The third-order valence-electron chi connectivity index (χ3n) is 5.45. The molecule has 3 aliphatic carbocycles. The Morgan fingerprint density at radius 3 is 2.26 bits per heavy atom. The lowest BCUT2D eigenvalue weighted by Gasteiger charge is -2.56. The van der Waals surface area contributed by atoms with Crippen LogP contribution in [0.25, 0.3) is 0 Å². The van der Waals surface area contributed by atoms with E-state index in [0.717, 1.165) is 19.3 Å². The van der Waals surface area contributed by atoms with E-state index in [0.29, 0.717) is 12.3 Å². The van der Waals surface area contributed by atoms with Crippen LogP contribution in [-0.4, -0.2) is 24.7 Å². The number of rotatable bonds is 2. The SMILES string of the molecule is CC1(C)CC2CCC1(CS(=O)(=O)C(C)(C)C)C(=O)C2. The monoisotopic (exact) mass is 286 g/mol. The molecule has 3 saturated carbocycles. The summed E-state index contributed by atoms with van der Waals surface area (Å²) >= 11 is 0. The zero-order valence-electron chi connectivity index (χ0n) is 12.7. The van der Waals surface area contributed by atoms with Gasteiger partial charge in [0.1, 0.15) is 5.78 Å². The molecule has 0 N–H and O–H groups in total. The van der Waals surface area contributed by atoms with Crippen LogP contribution in [0.2, 0.25) is 0 Å². The molecule has 19 heavy (non-hydrogen) atoms. The molecule has 0 aliphatic heterocycles. The average Bonchev–Trinajstić information content (AvgIpc) is 2.17. The molecule has 0 aromatic carbocycles. The first-order valence-corrected chi connectivity index (χ1v) is 8.82. The first-order valence-electron chi connectivity index (χ1n) is 7.17. The first-order chi connectivity index (χ1) is 8.41. The maximum atomic E-state index is 12.6. The second-order valence-electron chi connectivity index (χ2n) is 8.07. The van der Waals surface area contributed by atoms with Gasteiger partial charge in [0.25, 0.3) is 0 Å². The fourth-order valence-corrected chi connectivity index (χ4v) is 5.62. The van der Waals surface area contributed by atoms with Gasteiger partial charge in [-0.25, -0.2) is 8.42 Å². The molecule has 0 saturated heterocycles. The van der Waals surface area contributed by atoms with Crippen molar-refractivity contribution in [3.05, 3.63) is 0 Å². The van der Waals surface area contributed by atoms with Gasteiger partial charge < -0.3 is 0 Å². The number of carbonyl (C=O) groups is 1. The van der Waals surface area contributed by atoms with Crippen molar-refractivity contribution >= 4 is 15.6 Å².